The van der Waals surface area contributed by atoms with Crippen LogP contribution in [0.15, 0.2) is 30.3 Å². The molecule has 0 amide bonds. The van der Waals surface area contributed by atoms with Crippen LogP contribution in [0.4, 0.5) is 0 Å². The highest BCUT2D eigenvalue weighted by Crippen LogP contribution is 2.14. The van der Waals surface area contributed by atoms with Crippen molar-refractivity contribution < 1.29 is 14.9 Å². The SMILES string of the molecule is CCCCCOc1ccc(C=C[C@H](O)[C@@H](CO)N(C)C)cc1. The fourth-order valence-electron chi connectivity index (χ4n) is 2.13. The van der Waals surface area contributed by atoms with Crippen molar-refractivity contribution in [1.82, 2.24) is 4.90 Å². The average molecular weight is 307 g/mol. The Labute approximate surface area is 134 Å². The summed E-state index contributed by atoms with van der Waals surface area (Å²) in [5.74, 6) is 0.871. The summed E-state index contributed by atoms with van der Waals surface area (Å²) in [7, 11) is 3.67. The van der Waals surface area contributed by atoms with Crippen LogP contribution in [0.2, 0.25) is 0 Å². The zero-order valence-corrected chi connectivity index (χ0v) is 13.9. The standard InChI is InChI=1S/C18H29NO3/c1-4-5-6-13-22-16-10-7-15(8-11-16)9-12-18(21)17(14-20)19(2)3/h7-12,17-18,20-21H,4-6,13-14H2,1-3H3/t17-,18+/m1/s1. The predicted molar refractivity (Wildman–Crippen MR) is 91.1 cm³/mol. The molecular formula is C18H29NO3. The van der Waals surface area contributed by atoms with E-state index in [1.165, 1.54) is 12.8 Å². The molecule has 0 unspecified atom stereocenters. The van der Waals surface area contributed by atoms with Crippen LogP contribution in [0.3, 0.4) is 0 Å². The molecule has 1 aromatic carbocycles. The minimum atomic E-state index is -0.704. The van der Waals surface area contributed by atoms with E-state index in [4.69, 9.17) is 4.74 Å². The zero-order valence-electron chi connectivity index (χ0n) is 13.9. The van der Waals surface area contributed by atoms with Crippen molar-refractivity contribution in [2.24, 2.45) is 0 Å². The Hall–Kier alpha value is -1.36. The molecule has 124 valence electrons. The molecule has 4 nitrogen and oxygen atoms in total. The summed E-state index contributed by atoms with van der Waals surface area (Å²) in [5.41, 5.74) is 0.996. The Morgan fingerprint density at radius 2 is 1.86 bits per heavy atom. The molecule has 2 N–H and O–H groups in total. The average Bonchev–Trinajstić information content (AvgIpc) is 2.51. The second kappa shape index (κ2) is 10.4. The van der Waals surface area contributed by atoms with Crippen LogP contribution in [-0.2, 0) is 0 Å². The molecule has 22 heavy (non-hydrogen) atoms. The Bertz CT molecular complexity index is 428. The molecule has 0 fully saturated rings. The molecule has 0 saturated heterocycles. The molecule has 1 aromatic rings. The van der Waals surface area contributed by atoms with Crippen molar-refractivity contribution in [2.75, 3.05) is 27.3 Å². The maximum Gasteiger partial charge on any atom is 0.119 e. The van der Waals surface area contributed by atoms with Gasteiger partial charge < -0.3 is 19.8 Å². The number of hydrogen-bond acceptors (Lipinski definition) is 4. The number of nitrogens with zero attached hydrogens (tertiary/aromatic N) is 1. The van der Waals surface area contributed by atoms with Crippen LogP contribution < -0.4 is 4.74 Å². The van der Waals surface area contributed by atoms with Crippen molar-refractivity contribution in [3.8, 4) is 5.75 Å². The van der Waals surface area contributed by atoms with Crippen molar-refractivity contribution >= 4 is 6.08 Å². The summed E-state index contributed by atoms with van der Waals surface area (Å²) in [6.45, 7) is 2.85. The molecule has 4 heteroatoms. The lowest BCUT2D eigenvalue weighted by Gasteiger charge is -2.25. The Balaban J connectivity index is 2.51. The minimum Gasteiger partial charge on any atom is -0.494 e. The summed E-state index contributed by atoms with van der Waals surface area (Å²) in [4.78, 5) is 1.81. The number of aliphatic hydroxyl groups excluding tert-OH is 2. The van der Waals surface area contributed by atoms with E-state index in [1.54, 1.807) is 6.08 Å². The van der Waals surface area contributed by atoms with Gasteiger partial charge in [-0.1, -0.05) is 44.1 Å². The van der Waals surface area contributed by atoms with Crippen LogP contribution >= 0.6 is 0 Å². The van der Waals surface area contributed by atoms with E-state index in [0.29, 0.717) is 0 Å². The van der Waals surface area contributed by atoms with Gasteiger partial charge in [0, 0.05) is 0 Å². The second-order valence-corrected chi connectivity index (χ2v) is 5.69. The number of likely N-dealkylation sites (N-methyl/N-ethyl adjacent to an activating group) is 1. The predicted octanol–water partition coefficient (Wildman–Crippen LogP) is 2.55. The fraction of sp³-hybridized carbons (Fsp3) is 0.556. The molecule has 0 saturated carbocycles. The zero-order chi connectivity index (χ0) is 16.4. The third-order valence-corrected chi connectivity index (χ3v) is 3.63. The summed E-state index contributed by atoms with van der Waals surface area (Å²) < 4.78 is 5.66. The van der Waals surface area contributed by atoms with Gasteiger partial charge >= 0.3 is 0 Å². The molecule has 1 rings (SSSR count). The fourth-order valence-corrected chi connectivity index (χ4v) is 2.13. The molecule has 0 aliphatic rings. The molecule has 0 bridgehead atoms. The molecule has 0 heterocycles. The van der Waals surface area contributed by atoms with E-state index in [9.17, 15) is 10.2 Å². The third-order valence-electron chi connectivity index (χ3n) is 3.63. The Kier molecular flexibility index (Phi) is 8.82. The van der Waals surface area contributed by atoms with Crippen LogP contribution in [-0.4, -0.2) is 54.6 Å². The highest BCUT2D eigenvalue weighted by atomic mass is 16.5. The van der Waals surface area contributed by atoms with E-state index in [-0.39, 0.29) is 12.6 Å². The quantitative estimate of drug-likeness (QED) is 0.652. The first kappa shape index (κ1) is 18.7. The molecule has 0 aromatic heterocycles. The van der Waals surface area contributed by atoms with Crippen LogP contribution in [0, 0.1) is 0 Å². The smallest absolute Gasteiger partial charge is 0.119 e. The van der Waals surface area contributed by atoms with Gasteiger partial charge in [0.1, 0.15) is 5.75 Å². The minimum absolute atomic E-state index is 0.0803. The molecule has 0 radical (unpaired) electrons. The van der Waals surface area contributed by atoms with Gasteiger partial charge in [0.2, 0.25) is 0 Å². The van der Waals surface area contributed by atoms with Crippen LogP contribution in [0.25, 0.3) is 6.08 Å². The number of aliphatic hydroxyl groups is 2. The summed E-state index contributed by atoms with van der Waals surface area (Å²) >= 11 is 0. The summed E-state index contributed by atoms with van der Waals surface area (Å²) in [6, 6.07) is 7.50. The third kappa shape index (κ3) is 6.60. The van der Waals surface area contributed by atoms with Gasteiger partial charge in [-0.3, -0.25) is 0 Å². The number of hydrogen-bond donors (Lipinski definition) is 2. The molecule has 0 aliphatic heterocycles. The molecular weight excluding hydrogens is 278 g/mol. The Morgan fingerprint density at radius 3 is 2.41 bits per heavy atom. The maximum atomic E-state index is 10.0. The van der Waals surface area contributed by atoms with Crippen molar-refractivity contribution in [1.29, 1.82) is 0 Å². The van der Waals surface area contributed by atoms with Gasteiger partial charge in [0.05, 0.1) is 25.4 Å². The highest BCUT2D eigenvalue weighted by molar-refractivity contribution is 5.51. The first-order valence-electron chi connectivity index (χ1n) is 7.95. The van der Waals surface area contributed by atoms with E-state index in [0.717, 1.165) is 24.3 Å². The summed E-state index contributed by atoms with van der Waals surface area (Å²) in [5, 5.41) is 19.3. The maximum absolute atomic E-state index is 10.0. The molecule has 0 spiro atoms. The lowest BCUT2D eigenvalue weighted by molar-refractivity contribution is 0.0678. The van der Waals surface area contributed by atoms with Crippen molar-refractivity contribution in [3.05, 3.63) is 35.9 Å². The first-order valence-corrected chi connectivity index (χ1v) is 7.95. The number of unbranched alkanes of at least 4 members (excludes halogenated alkanes) is 2. The number of benzene rings is 1. The second-order valence-electron chi connectivity index (χ2n) is 5.69. The van der Waals surface area contributed by atoms with E-state index < -0.39 is 6.10 Å². The van der Waals surface area contributed by atoms with E-state index in [2.05, 4.69) is 6.92 Å². The van der Waals surface area contributed by atoms with Crippen molar-refractivity contribution in [2.45, 2.75) is 38.3 Å². The molecule has 2 atom stereocenters. The number of ether oxygens (including phenoxy) is 1. The van der Waals surface area contributed by atoms with Crippen molar-refractivity contribution in [3.63, 3.8) is 0 Å². The van der Waals surface area contributed by atoms with Gasteiger partial charge in [-0.2, -0.15) is 0 Å². The van der Waals surface area contributed by atoms with E-state index >= 15 is 0 Å². The lowest BCUT2D eigenvalue weighted by Crippen LogP contribution is -2.40. The van der Waals surface area contributed by atoms with E-state index in [1.807, 2.05) is 49.3 Å². The highest BCUT2D eigenvalue weighted by Gasteiger charge is 2.17. The normalized spacial score (nSPS) is 14.5. The van der Waals surface area contributed by atoms with Crippen LogP contribution in [0.1, 0.15) is 31.7 Å². The van der Waals surface area contributed by atoms with Gasteiger partial charge in [0.15, 0.2) is 0 Å². The van der Waals surface area contributed by atoms with Gasteiger partial charge in [-0.05, 0) is 38.2 Å². The largest absolute Gasteiger partial charge is 0.494 e. The lowest BCUT2D eigenvalue weighted by atomic mass is 10.1. The molecule has 0 aliphatic carbocycles. The van der Waals surface area contributed by atoms with Gasteiger partial charge in [-0.25, -0.2) is 0 Å². The Morgan fingerprint density at radius 1 is 1.18 bits per heavy atom. The monoisotopic (exact) mass is 307 g/mol. The summed E-state index contributed by atoms with van der Waals surface area (Å²) in [6.07, 6.45) is 6.32. The van der Waals surface area contributed by atoms with Gasteiger partial charge in [0.25, 0.3) is 0 Å². The van der Waals surface area contributed by atoms with Gasteiger partial charge in [-0.15, -0.1) is 0 Å². The number of rotatable bonds is 10. The first-order chi connectivity index (χ1) is 10.6. The topological polar surface area (TPSA) is 52.9 Å². The van der Waals surface area contributed by atoms with Crippen LogP contribution in [0.5, 0.6) is 5.75 Å².